The first-order valence-electron chi connectivity index (χ1n) is 11.5. The van der Waals surface area contributed by atoms with E-state index >= 15 is 0 Å². The highest BCUT2D eigenvalue weighted by Crippen LogP contribution is 2.12. The van der Waals surface area contributed by atoms with E-state index < -0.39 is 60.6 Å². The summed E-state index contributed by atoms with van der Waals surface area (Å²) in [5.41, 5.74) is 6.94. The molecule has 200 valence electrons. The molecule has 0 saturated heterocycles. The summed E-state index contributed by atoms with van der Waals surface area (Å²) in [6.07, 6.45) is -1.23. The molecule has 12 heteroatoms. The molecule has 0 heterocycles. The van der Waals surface area contributed by atoms with Gasteiger partial charge in [0, 0.05) is 12.8 Å². The van der Waals surface area contributed by atoms with Gasteiger partial charge >= 0.3 is 5.97 Å². The minimum Gasteiger partial charge on any atom is -0.508 e. The van der Waals surface area contributed by atoms with E-state index in [2.05, 4.69) is 16.0 Å². The Hall–Kier alpha value is -4.00. The maximum absolute atomic E-state index is 13.3. The molecule has 0 aliphatic rings. The molecule has 2 aromatic carbocycles. The largest absolute Gasteiger partial charge is 0.508 e. The topological polar surface area (TPSA) is 211 Å². The van der Waals surface area contributed by atoms with Crippen LogP contribution in [0.3, 0.4) is 0 Å². The molecule has 37 heavy (non-hydrogen) atoms. The van der Waals surface area contributed by atoms with E-state index in [0.29, 0.717) is 11.1 Å². The minimum atomic E-state index is -1.60. The Morgan fingerprint density at radius 1 is 0.784 bits per heavy atom. The van der Waals surface area contributed by atoms with Crippen molar-refractivity contribution in [3.63, 3.8) is 0 Å². The Morgan fingerprint density at radius 2 is 1.24 bits per heavy atom. The van der Waals surface area contributed by atoms with Crippen molar-refractivity contribution < 1.29 is 39.6 Å². The van der Waals surface area contributed by atoms with Gasteiger partial charge in [-0.15, -0.1) is 0 Å². The van der Waals surface area contributed by atoms with Crippen LogP contribution in [0.25, 0.3) is 0 Å². The number of carbonyl (C=O) groups excluding carboxylic acids is 3. The van der Waals surface area contributed by atoms with Crippen molar-refractivity contribution in [1.29, 1.82) is 0 Å². The molecule has 2 aromatic rings. The summed E-state index contributed by atoms with van der Waals surface area (Å²) in [6.45, 7) is 0.458. The molecule has 0 spiro atoms. The molecule has 0 fully saturated rings. The summed E-state index contributed by atoms with van der Waals surface area (Å²) in [5.74, 6) is -3.90. The summed E-state index contributed by atoms with van der Waals surface area (Å²) in [6, 6.07) is 9.16. The number of phenolic OH excluding ortho intramolecular Hbond substituents is 1. The molecule has 0 aliphatic carbocycles. The molecule has 12 nitrogen and oxygen atoms in total. The van der Waals surface area contributed by atoms with Crippen LogP contribution in [0.2, 0.25) is 0 Å². The molecule has 0 radical (unpaired) electrons. The third kappa shape index (κ3) is 9.18. The van der Waals surface area contributed by atoms with Crippen LogP contribution >= 0.6 is 0 Å². The van der Waals surface area contributed by atoms with Gasteiger partial charge in [0.1, 0.15) is 29.9 Å². The van der Waals surface area contributed by atoms with Gasteiger partial charge in [-0.1, -0.05) is 42.5 Å². The van der Waals surface area contributed by atoms with Crippen LogP contribution < -0.4 is 21.7 Å². The van der Waals surface area contributed by atoms with Gasteiger partial charge in [-0.25, -0.2) is 4.79 Å². The van der Waals surface area contributed by atoms with Crippen LogP contribution in [-0.4, -0.2) is 81.0 Å². The number of nitrogens with two attached hydrogens (primary N) is 1. The van der Waals surface area contributed by atoms with Gasteiger partial charge < -0.3 is 42.1 Å². The predicted octanol–water partition coefficient (Wildman–Crippen LogP) is -1.58. The van der Waals surface area contributed by atoms with Crippen LogP contribution in [0.1, 0.15) is 18.1 Å². The summed E-state index contributed by atoms with van der Waals surface area (Å²) in [4.78, 5) is 50.1. The van der Waals surface area contributed by atoms with Gasteiger partial charge in [0.15, 0.2) is 0 Å². The Labute approximate surface area is 213 Å². The number of carboxylic acids is 1. The molecule has 2 rings (SSSR count). The molecule has 3 amide bonds. The van der Waals surface area contributed by atoms with E-state index in [1.807, 2.05) is 0 Å². The molecule has 5 atom stereocenters. The van der Waals surface area contributed by atoms with Crippen molar-refractivity contribution in [3.05, 3.63) is 65.7 Å². The van der Waals surface area contributed by atoms with Gasteiger partial charge in [0.25, 0.3) is 0 Å². The number of aromatic hydroxyl groups is 1. The minimum absolute atomic E-state index is 0.0138. The number of hydrogen-bond donors (Lipinski definition) is 8. The van der Waals surface area contributed by atoms with Gasteiger partial charge in [0.05, 0.1) is 12.7 Å². The average Bonchev–Trinajstić information content (AvgIpc) is 2.87. The predicted molar refractivity (Wildman–Crippen MR) is 132 cm³/mol. The standard InChI is InChI=1S/C25H32N4O8/c1-14(31)21(26)24(35)28-19(11-15-5-3-2-4-6-15)22(33)27-18(12-16-7-9-17(32)10-8-16)23(34)29-20(13-30)25(36)37/h2-10,14,18-21,30-32H,11-13,26H2,1H3,(H,27,33)(H,28,35)(H,29,34)(H,36,37). The fourth-order valence-electron chi connectivity index (χ4n) is 3.35. The first-order chi connectivity index (χ1) is 17.5. The summed E-state index contributed by atoms with van der Waals surface area (Å²) in [5, 5.41) is 44.9. The number of nitrogens with one attached hydrogen (secondary N) is 3. The molecule has 0 aliphatic heterocycles. The number of rotatable bonds is 13. The fraction of sp³-hybridized carbons (Fsp3) is 0.360. The summed E-state index contributed by atoms with van der Waals surface area (Å²) < 4.78 is 0. The third-order valence-corrected chi connectivity index (χ3v) is 5.54. The van der Waals surface area contributed by atoms with E-state index in [4.69, 9.17) is 5.73 Å². The molecule has 5 unspecified atom stereocenters. The number of amides is 3. The van der Waals surface area contributed by atoms with Crippen molar-refractivity contribution in [2.75, 3.05) is 6.61 Å². The van der Waals surface area contributed by atoms with Crippen LogP contribution in [0.15, 0.2) is 54.6 Å². The average molecular weight is 517 g/mol. The normalized spacial score (nSPS) is 14.9. The highest BCUT2D eigenvalue weighted by molar-refractivity contribution is 5.94. The monoisotopic (exact) mass is 516 g/mol. The van der Waals surface area contributed by atoms with Gasteiger partial charge in [0.2, 0.25) is 17.7 Å². The molecule has 0 saturated carbocycles. The van der Waals surface area contributed by atoms with Crippen LogP contribution in [0, 0.1) is 0 Å². The zero-order valence-corrected chi connectivity index (χ0v) is 20.2. The van der Waals surface area contributed by atoms with Crippen molar-refractivity contribution in [3.8, 4) is 5.75 Å². The SMILES string of the molecule is CC(O)C(N)C(=O)NC(Cc1ccccc1)C(=O)NC(Cc1ccc(O)cc1)C(=O)NC(CO)C(=O)O. The van der Waals surface area contributed by atoms with Crippen LogP contribution in [0.5, 0.6) is 5.75 Å². The second-order valence-corrected chi connectivity index (χ2v) is 8.53. The molecule has 9 N–H and O–H groups in total. The Balaban J connectivity index is 2.31. The number of carbonyl (C=O) groups is 4. The van der Waals surface area contributed by atoms with Crippen molar-refractivity contribution in [2.24, 2.45) is 5.73 Å². The number of phenols is 1. The van der Waals surface area contributed by atoms with Crippen LogP contribution in [0.4, 0.5) is 0 Å². The highest BCUT2D eigenvalue weighted by Gasteiger charge is 2.31. The van der Waals surface area contributed by atoms with Crippen LogP contribution in [-0.2, 0) is 32.0 Å². The van der Waals surface area contributed by atoms with Crippen molar-refractivity contribution >= 4 is 23.7 Å². The van der Waals surface area contributed by atoms with E-state index in [1.165, 1.54) is 31.2 Å². The number of carboxylic acid groups (broad SMARTS) is 1. The number of aliphatic hydroxyl groups is 2. The molecule has 0 aromatic heterocycles. The van der Waals surface area contributed by atoms with E-state index in [0.717, 1.165) is 0 Å². The quantitative estimate of drug-likeness (QED) is 0.154. The van der Waals surface area contributed by atoms with E-state index in [9.17, 15) is 39.6 Å². The Bertz CT molecular complexity index is 1060. The summed E-state index contributed by atoms with van der Waals surface area (Å²) in [7, 11) is 0. The maximum atomic E-state index is 13.3. The van der Waals surface area contributed by atoms with Gasteiger partial charge in [-0.3, -0.25) is 14.4 Å². The van der Waals surface area contributed by atoms with E-state index in [-0.39, 0.29) is 18.6 Å². The van der Waals surface area contributed by atoms with Crippen molar-refractivity contribution in [2.45, 2.75) is 50.0 Å². The fourth-order valence-corrected chi connectivity index (χ4v) is 3.35. The number of aliphatic carboxylic acids is 1. The van der Waals surface area contributed by atoms with Gasteiger partial charge in [-0.05, 0) is 30.2 Å². The number of hydrogen-bond acceptors (Lipinski definition) is 8. The smallest absolute Gasteiger partial charge is 0.328 e. The second kappa shape index (κ2) is 13.9. The lowest BCUT2D eigenvalue weighted by atomic mass is 10.0. The zero-order valence-electron chi connectivity index (χ0n) is 20.2. The lowest BCUT2D eigenvalue weighted by Gasteiger charge is -2.25. The molecular formula is C25H32N4O8. The summed E-state index contributed by atoms with van der Waals surface area (Å²) >= 11 is 0. The van der Waals surface area contributed by atoms with Gasteiger partial charge in [-0.2, -0.15) is 0 Å². The Morgan fingerprint density at radius 3 is 1.70 bits per heavy atom. The third-order valence-electron chi connectivity index (χ3n) is 5.54. The number of aliphatic hydroxyl groups excluding tert-OH is 2. The lowest BCUT2D eigenvalue weighted by molar-refractivity contribution is -0.143. The first-order valence-corrected chi connectivity index (χ1v) is 11.5. The molecular weight excluding hydrogens is 484 g/mol. The maximum Gasteiger partial charge on any atom is 0.328 e. The first kappa shape index (κ1) is 29.2. The highest BCUT2D eigenvalue weighted by atomic mass is 16.4. The zero-order chi connectivity index (χ0) is 27.5. The lowest BCUT2D eigenvalue weighted by Crippen LogP contribution is -2.59. The number of benzene rings is 2. The van der Waals surface area contributed by atoms with Crippen molar-refractivity contribution in [1.82, 2.24) is 16.0 Å². The second-order valence-electron chi connectivity index (χ2n) is 8.53. The molecule has 0 bridgehead atoms. The Kier molecular flexibility index (Phi) is 11.0. The van der Waals surface area contributed by atoms with E-state index in [1.54, 1.807) is 30.3 Å².